The molecular weight excluding hydrogens is 767 g/mol. The predicted octanol–water partition coefficient (Wildman–Crippen LogP) is 12.6. The fourth-order valence-electron chi connectivity index (χ4n) is 9.24. The van der Waals surface area contributed by atoms with E-state index in [0.717, 1.165) is 38.9 Å². The molecule has 2 heterocycles. The molecule has 1 aliphatic heterocycles. The molecule has 1 atom stereocenters. The van der Waals surface area contributed by atoms with E-state index in [1.54, 1.807) is 0 Å². The van der Waals surface area contributed by atoms with Crippen LogP contribution in [0.25, 0.3) is 89.8 Å². The van der Waals surface area contributed by atoms with E-state index in [4.69, 9.17) is 15.0 Å². The van der Waals surface area contributed by atoms with Gasteiger partial charge < -0.3 is 0 Å². The number of hydrogen-bond donors (Lipinski definition) is 0. The Kier molecular flexibility index (Phi) is 9.41. The molecule has 0 N–H and O–H groups in total. The number of hydrogen-bond acceptors (Lipinski definition) is 3. The number of aromatic nitrogens is 3. The maximum Gasteiger partial charge on any atom is 0.164 e. The topological polar surface area (TPSA) is 38.7 Å². The molecule has 0 bridgehead atoms. The van der Waals surface area contributed by atoms with Gasteiger partial charge in [-0.3, -0.25) is 0 Å². The van der Waals surface area contributed by atoms with E-state index in [9.17, 15) is 0 Å². The van der Waals surface area contributed by atoms with Crippen molar-refractivity contribution in [2.45, 2.75) is 6.55 Å². The molecular formula is C58H41N3Si. The second kappa shape index (κ2) is 15.7. The second-order valence-corrected chi connectivity index (χ2v) is 20.0. The fourth-order valence-corrected chi connectivity index (χ4v) is 13.4. The van der Waals surface area contributed by atoms with Crippen molar-refractivity contribution in [2.24, 2.45) is 0 Å². The van der Waals surface area contributed by atoms with Gasteiger partial charge in [-0.05, 0) is 89.4 Å². The van der Waals surface area contributed by atoms with Gasteiger partial charge in [0.1, 0.15) is 8.07 Å². The van der Waals surface area contributed by atoms with Gasteiger partial charge in [-0.25, -0.2) is 15.0 Å². The molecule has 1 unspecified atom stereocenters. The summed E-state index contributed by atoms with van der Waals surface area (Å²) in [6, 6.07) is 82.6. The fraction of sp³-hybridized carbons (Fsp3) is 0.0172. The zero-order valence-corrected chi connectivity index (χ0v) is 35.3. The van der Waals surface area contributed by atoms with Gasteiger partial charge in [-0.15, -0.1) is 0 Å². The van der Waals surface area contributed by atoms with Crippen LogP contribution in [0.2, 0.25) is 6.55 Å². The Hall–Kier alpha value is -7.79. The SMILES string of the molecule is C[Si]1(c2ccccc2)c2ccccc2-c2c(-c3cccc(-c4cccc(-c5ccc(-c6nc(-c7ccccc7)nc(-c7cccc(-c8ccccc8)c7)n6)cc5)c4)c3)cccc21. The number of fused-ring (bicyclic) bond motifs is 3. The minimum atomic E-state index is -2.18. The lowest BCUT2D eigenvalue weighted by atomic mass is 9.92. The van der Waals surface area contributed by atoms with Gasteiger partial charge in [0.15, 0.2) is 17.5 Å². The van der Waals surface area contributed by atoms with E-state index in [0.29, 0.717) is 17.5 Å². The number of nitrogens with zero attached hydrogens (tertiary/aromatic N) is 3. The zero-order valence-electron chi connectivity index (χ0n) is 34.3. The van der Waals surface area contributed by atoms with Gasteiger partial charge in [0.2, 0.25) is 0 Å². The largest absolute Gasteiger partial charge is 0.208 e. The van der Waals surface area contributed by atoms with Crippen molar-refractivity contribution in [3.63, 3.8) is 0 Å². The average molecular weight is 808 g/mol. The van der Waals surface area contributed by atoms with Crippen LogP contribution in [-0.4, -0.2) is 23.0 Å². The van der Waals surface area contributed by atoms with Gasteiger partial charge in [0.25, 0.3) is 0 Å². The van der Waals surface area contributed by atoms with Crippen molar-refractivity contribution in [3.05, 3.63) is 231 Å². The summed E-state index contributed by atoms with van der Waals surface area (Å²) in [7, 11) is -2.18. The summed E-state index contributed by atoms with van der Waals surface area (Å²) in [5.41, 5.74) is 15.0. The monoisotopic (exact) mass is 807 g/mol. The first-order chi connectivity index (χ1) is 30.6. The van der Waals surface area contributed by atoms with Crippen LogP contribution >= 0.6 is 0 Å². The summed E-state index contributed by atoms with van der Waals surface area (Å²) in [6.07, 6.45) is 0. The summed E-state index contributed by atoms with van der Waals surface area (Å²) < 4.78 is 0. The normalized spacial score (nSPS) is 14.0. The van der Waals surface area contributed by atoms with Gasteiger partial charge in [0.05, 0.1) is 0 Å². The minimum Gasteiger partial charge on any atom is -0.208 e. The lowest BCUT2D eigenvalue weighted by Crippen LogP contribution is -2.62. The van der Waals surface area contributed by atoms with Crippen LogP contribution in [0.4, 0.5) is 0 Å². The van der Waals surface area contributed by atoms with E-state index >= 15 is 0 Å². The Bertz CT molecular complexity index is 3240. The molecule has 0 fully saturated rings. The van der Waals surface area contributed by atoms with E-state index in [1.165, 1.54) is 48.9 Å². The molecule has 11 rings (SSSR count). The molecule has 3 nitrogen and oxygen atoms in total. The summed E-state index contributed by atoms with van der Waals surface area (Å²) in [5, 5.41) is 4.42. The van der Waals surface area contributed by atoms with Crippen LogP contribution in [0.3, 0.4) is 0 Å². The van der Waals surface area contributed by atoms with E-state index < -0.39 is 8.07 Å². The molecule has 0 spiro atoms. The molecule has 62 heavy (non-hydrogen) atoms. The van der Waals surface area contributed by atoms with Crippen molar-refractivity contribution in [1.82, 2.24) is 15.0 Å². The van der Waals surface area contributed by atoms with Crippen LogP contribution in [0.5, 0.6) is 0 Å². The Morgan fingerprint density at radius 1 is 0.274 bits per heavy atom. The first-order valence-corrected chi connectivity index (χ1v) is 23.7. The first kappa shape index (κ1) is 37.2. The lowest BCUT2D eigenvalue weighted by Gasteiger charge is -2.25. The van der Waals surface area contributed by atoms with E-state index in [-0.39, 0.29) is 0 Å². The van der Waals surface area contributed by atoms with Crippen molar-refractivity contribution in [1.29, 1.82) is 0 Å². The summed E-state index contributed by atoms with van der Waals surface area (Å²) >= 11 is 0. The third kappa shape index (κ3) is 6.68. The van der Waals surface area contributed by atoms with Gasteiger partial charge in [-0.2, -0.15) is 0 Å². The highest BCUT2D eigenvalue weighted by Crippen LogP contribution is 2.38. The highest BCUT2D eigenvalue weighted by atomic mass is 28.3. The number of benzene rings is 9. The van der Waals surface area contributed by atoms with Crippen LogP contribution in [0.1, 0.15) is 0 Å². The summed E-state index contributed by atoms with van der Waals surface area (Å²) in [5.74, 6) is 1.92. The van der Waals surface area contributed by atoms with Crippen molar-refractivity contribution >= 4 is 23.6 Å². The zero-order chi connectivity index (χ0) is 41.5. The van der Waals surface area contributed by atoms with Gasteiger partial charge in [-0.1, -0.05) is 219 Å². The summed E-state index contributed by atoms with van der Waals surface area (Å²) in [6.45, 7) is 2.51. The Balaban J connectivity index is 0.926. The molecule has 10 aromatic rings. The highest BCUT2D eigenvalue weighted by Gasteiger charge is 2.43. The molecule has 0 aliphatic carbocycles. The molecule has 1 aromatic heterocycles. The molecule has 0 saturated heterocycles. The molecule has 0 radical (unpaired) electrons. The molecule has 1 aliphatic rings. The third-order valence-electron chi connectivity index (χ3n) is 12.4. The standard InChI is InChI=1S/C58H41N3Si/c1-62(50-27-9-4-10-28-50)53-31-12-11-29-52(53)55-51(30-16-32-54(55)62)48-25-14-24-47(38-48)46-23-13-21-44(37-46)41-33-35-43(36-34-41)57-59-56(42-19-7-3-8-20-42)60-58(61-57)49-26-15-22-45(39-49)40-17-5-2-6-18-40/h2-39H,1H3. The average Bonchev–Trinajstić information content (AvgIpc) is 3.63. The molecule has 292 valence electrons. The molecule has 0 saturated carbocycles. The molecule has 0 amide bonds. The number of rotatable bonds is 8. The van der Waals surface area contributed by atoms with Crippen LogP contribution in [0.15, 0.2) is 231 Å². The smallest absolute Gasteiger partial charge is 0.164 e. The van der Waals surface area contributed by atoms with Gasteiger partial charge in [0, 0.05) is 16.7 Å². The Morgan fingerprint density at radius 2 is 0.645 bits per heavy atom. The molecule has 9 aromatic carbocycles. The molecule has 4 heteroatoms. The highest BCUT2D eigenvalue weighted by molar-refractivity contribution is 7.13. The van der Waals surface area contributed by atoms with Gasteiger partial charge >= 0.3 is 0 Å². The predicted molar refractivity (Wildman–Crippen MR) is 260 cm³/mol. The summed E-state index contributed by atoms with van der Waals surface area (Å²) in [4.78, 5) is 15.1. The lowest BCUT2D eigenvalue weighted by molar-refractivity contribution is 1.07. The Labute approximate surface area is 363 Å². The second-order valence-electron chi connectivity index (χ2n) is 16.1. The van der Waals surface area contributed by atoms with Crippen molar-refractivity contribution in [2.75, 3.05) is 0 Å². The Morgan fingerprint density at radius 3 is 1.29 bits per heavy atom. The van der Waals surface area contributed by atoms with Crippen LogP contribution < -0.4 is 15.6 Å². The van der Waals surface area contributed by atoms with Crippen LogP contribution in [-0.2, 0) is 0 Å². The van der Waals surface area contributed by atoms with E-state index in [1.807, 2.05) is 36.4 Å². The quantitative estimate of drug-likeness (QED) is 0.144. The van der Waals surface area contributed by atoms with E-state index in [2.05, 4.69) is 201 Å². The van der Waals surface area contributed by atoms with Crippen molar-refractivity contribution in [3.8, 4) is 89.8 Å². The maximum absolute atomic E-state index is 5.06. The minimum absolute atomic E-state index is 0.637. The third-order valence-corrected chi connectivity index (χ3v) is 16.9. The maximum atomic E-state index is 5.06. The van der Waals surface area contributed by atoms with Crippen molar-refractivity contribution < 1.29 is 0 Å². The van der Waals surface area contributed by atoms with Crippen LogP contribution in [0, 0.1) is 0 Å². The first-order valence-electron chi connectivity index (χ1n) is 21.2.